The minimum atomic E-state index is 0.214. The molecule has 1 N–H and O–H groups in total. The average molecular weight is 355 g/mol. The lowest BCUT2D eigenvalue weighted by molar-refractivity contribution is 0.463. The second kappa shape index (κ2) is 6.61. The number of rotatable bonds is 4. The molecule has 0 aliphatic rings. The van der Waals surface area contributed by atoms with Gasteiger partial charge in [0.2, 0.25) is 0 Å². The maximum Gasteiger partial charge on any atom is 0.133 e. The number of nitrogens with one attached hydrogen (secondary N) is 1. The summed E-state index contributed by atoms with van der Waals surface area (Å²) in [5.41, 5.74) is 2.13. The number of hydrogen-bond donors (Lipinski definition) is 1. The van der Waals surface area contributed by atoms with Crippen LogP contribution >= 0.6 is 27.5 Å². The Hall–Kier alpha value is -1.03. The van der Waals surface area contributed by atoms with Gasteiger partial charge in [0.15, 0.2) is 0 Å². The Morgan fingerprint density at radius 2 is 1.90 bits per heavy atom. The highest BCUT2D eigenvalue weighted by Gasteiger charge is 2.12. The van der Waals surface area contributed by atoms with Crippen molar-refractivity contribution in [1.29, 1.82) is 0 Å². The molecule has 0 bridgehead atoms. The van der Waals surface area contributed by atoms with Crippen molar-refractivity contribution in [3.8, 4) is 11.5 Å². The fourth-order valence-corrected chi connectivity index (χ4v) is 2.52. The van der Waals surface area contributed by atoms with Gasteiger partial charge in [-0.05, 0) is 56.8 Å². The van der Waals surface area contributed by atoms with Gasteiger partial charge in [-0.1, -0.05) is 33.6 Å². The summed E-state index contributed by atoms with van der Waals surface area (Å²) in [6.07, 6.45) is 0. The molecule has 20 heavy (non-hydrogen) atoms. The van der Waals surface area contributed by atoms with Crippen LogP contribution < -0.4 is 10.1 Å². The molecule has 1 unspecified atom stereocenters. The van der Waals surface area contributed by atoms with E-state index < -0.39 is 0 Å². The molecule has 4 heteroatoms. The highest BCUT2D eigenvalue weighted by Crippen LogP contribution is 2.34. The van der Waals surface area contributed by atoms with E-state index in [9.17, 15) is 0 Å². The van der Waals surface area contributed by atoms with Gasteiger partial charge in [-0.3, -0.25) is 0 Å². The van der Waals surface area contributed by atoms with E-state index in [0.717, 1.165) is 27.1 Å². The Balaban J connectivity index is 2.39. The average Bonchev–Trinajstić information content (AvgIpc) is 2.41. The number of benzene rings is 2. The first-order chi connectivity index (χ1) is 9.51. The zero-order chi connectivity index (χ0) is 14.7. The Kier molecular flexibility index (Phi) is 5.08. The van der Waals surface area contributed by atoms with E-state index in [-0.39, 0.29) is 6.04 Å². The third kappa shape index (κ3) is 3.54. The Labute approximate surface area is 133 Å². The van der Waals surface area contributed by atoms with E-state index in [4.69, 9.17) is 16.3 Å². The molecular formula is C16H17BrClNO. The van der Waals surface area contributed by atoms with Gasteiger partial charge in [0, 0.05) is 21.1 Å². The normalized spacial score (nSPS) is 12.2. The summed E-state index contributed by atoms with van der Waals surface area (Å²) in [5.74, 6) is 1.66. The van der Waals surface area contributed by atoms with Gasteiger partial charge in [-0.25, -0.2) is 0 Å². The summed E-state index contributed by atoms with van der Waals surface area (Å²) < 4.78 is 7.06. The van der Waals surface area contributed by atoms with Gasteiger partial charge >= 0.3 is 0 Å². The molecule has 0 aliphatic heterocycles. The van der Waals surface area contributed by atoms with Gasteiger partial charge in [-0.15, -0.1) is 0 Å². The molecule has 0 heterocycles. The standard InChI is InChI=1S/C16H17BrClNO/c1-10-8-13(18)5-7-15(10)20-16-9-12(17)4-6-14(16)11(2)19-3/h4-9,11,19H,1-3H3. The van der Waals surface area contributed by atoms with E-state index in [2.05, 4.69) is 34.2 Å². The molecule has 0 spiro atoms. The van der Waals surface area contributed by atoms with Crippen LogP contribution in [0.5, 0.6) is 11.5 Å². The highest BCUT2D eigenvalue weighted by molar-refractivity contribution is 9.10. The molecule has 2 rings (SSSR count). The van der Waals surface area contributed by atoms with Gasteiger partial charge < -0.3 is 10.1 Å². The lowest BCUT2D eigenvalue weighted by atomic mass is 10.1. The monoisotopic (exact) mass is 353 g/mol. The zero-order valence-electron chi connectivity index (χ0n) is 11.7. The topological polar surface area (TPSA) is 21.3 Å². The molecule has 2 aromatic rings. The second-order valence-corrected chi connectivity index (χ2v) is 6.06. The van der Waals surface area contributed by atoms with Crippen molar-refractivity contribution in [2.75, 3.05) is 7.05 Å². The van der Waals surface area contributed by atoms with Crippen LogP contribution in [0.25, 0.3) is 0 Å². The van der Waals surface area contributed by atoms with E-state index in [1.165, 1.54) is 0 Å². The van der Waals surface area contributed by atoms with Crippen LogP contribution in [0.2, 0.25) is 5.02 Å². The third-order valence-corrected chi connectivity index (χ3v) is 3.96. The molecule has 0 fully saturated rings. The number of halogens is 2. The van der Waals surface area contributed by atoms with Crippen molar-refractivity contribution in [2.45, 2.75) is 19.9 Å². The van der Waals surface area contributed by atoms with Gasteiger partial charge in [-0.2, -0.15) is 0 Å². The van der Waals surface area contributed by atoms with Gasteiger partial charge in [0.05, 0.1) is 0 Å². The molecule has 0 saturated carbocycles. The molecule has 2 nitrogen and oxygen atoms in total. The van der Waals surface area contributed by atoms with Gasteiger partial charge in [0.25, 0.3) is 0 Å². The Bertz CT molecular complexity index is 615. The molecule has 1 atom stereocenters. The SMILES string of the molecule is CNC(C)c1ccc(Br)cc1Oc1ccc(Cl)cc1C. The van der Waals surface area contributed by atoms with Crippen LogP contribution in [0.3, 0.4) is 0 Å². The molecule has 2 aromatic carbocycles. The number of aryl methyl sites for hydroxylation is 1. The van der Waals surface area contributed by atoms with Crippen LogP contribution in [-0.4, -0.2) is 7.05 Å². The lowest BCUT2D eigenvalue weighted by Crippen LogP contribution is -2.13. The van der Waals surface area contributed by atoms with E-state index in [1.54, 1.807) is 0 Å². The molecular weight excluding hydrogens is 338 g/mol. The van der Waals surface area contributed by atoms with Crippen LogP contribution in [-0.2, 0) is 0 Å². The fourth-order valence-electron chi connectivity index (χ4n) is 1.96. The number of hydrogen-bond acceptors (Lipinski definition) is 2. The van der Waals surface area contributed by atoms with Crippen molar-refractivity contribution >= 4 is 27.5 Å². The van der Waals surface area contributed by atoms with Crippen molar-refractivity contribution in [3.63, 3.8) is 0 Å². The molecule has 106 valence electrons. The van der Waals surface area contributed by atoms with Crippen LogP contribution in [0.15, 0.2) is 40.9 Å². The van der Waals surface area contributed by atoms with E-state index in [1.807, 2.05) is 44.3 Å². The van der Waals surface area contributed by atoms with Crippen LogP contribution in [0.4, 0.5) is 0 Å². The summed E-state index contributed by atoms with van der Waals surface area (Å²) in [7, 11) is 1.93. The van der Waals surface area contributed by atoms with Gasteiger partial charge in [0.1, 0.15) is 11.5 Å². The molecule has 0 saturated heterocycles. The quantitative estimate of drug-likeness (QED) is 0.784. The maximum absolute atomic E-state index is 6.07. The molecule has 0 radical (unpaired) electrons. The smallest absolute Gasteiger partial charge is 0.133 e. The first kappa shape index (κ1) is 15.4. The predicted molar refractivity (Wildman–Crippen MR) is 87.9 cm³/mol. The Morgan fingerprint density at radius 1 is 1.15 bits per heavy atom. The minimum absolute atomic E-state index is 0.214. The largest absolute Gasteiger partial charge is 0.457 e. The first-order valence-electron chi connectivity index (χ1n) is 6.42. The lowest BCUT2D eigenvalue weighted by Gasteiger charge is -2.17. The van der Waals surface area contributed by atoms with E-state index >= 15 is 0 Å². The Morgan fingerprint density at radius 3 is 2.55 bits per heavy atom. The van der Waals surface area contributed by atoms with Crippen LogP contribution in [0.1, 0.15) is 24.1 Å². The summed E-state index contributed by atoms with van der Waals surface area (Å²) >= 11 is 9.47. The van der Waals surface area contributed by atoms with Crippen molar-refractivity contribution < 1.29 is 4.74 Å². The predicted octanol–water partition coefficient (Wildman–Crippen LogP) is 5.48. The van der Waals surface area contributed by atoms with Crippen LogP contribution in [0, 0.1) is 6.92 Å². The molecule has 0 aromatic heterocycles. The molecule has 0 aliphatic carbocycles. The summed E-state index contributed by atoms with van der Waals surface area (Å²) in [5, 5.41) is 3.95. The highest BCUT2D eigenvalue weighted by atomic mass is 79.9. The second-order valence-electron chi connectivity index (χ2n) is 4.70. The fraction of sp³-hybridized carbons (Fsp3) is 0.250. The van der Waals surface area contributed by atoms with E-state index in [0.29, 0.717) is 5.02 Å². The third-order valence-electron chi connectivity index (χ3n) is 3.23. The molecule has 0 amide bonds. The summed E-state index contributed by atoms with van der Waals surface area (Å²) in [4.78, 5) is 0. The van der Waals surface area contributed by atoms with Crippen molar-refractivity contribution in [2.24, 2.45) is 0 Å². The zero-order valence-corrected chi connectivity index (χ0v) is 14.0. The first-order valence-corrected chi connectivity index (χ1v) is 7.59. The summed E-state index contributed by atoms with van der Waals surface area (Å²) in [6, 6.07) is 11.9. The minimum Gasteiger partial charge on any atom is -0.457 e. The summed E-state index contributed by atoms with van der Waals surface area (Å²) in [6.45, 7) is 4.09. The number of ether oxygens (including phenoxy) is 1. The van der Waals surface area contributed by atoms with Crippen molar-refractivity contribution in [3.05, 3.63) is 57.0 Å². The van der Waals surface area contributed by atoms with Crippen molar-refractivity contribution in [1.82, 2.24) is 5.32 Å². The maximum atomic E-state index is 6.07.